The van der Waals surface area contributed by atoms with E-state index in [9.17, 15) is 4.79 Å². The topological polar surface area (TPSA) is 59.7 Å². The van der Waals surface area contributed by atoms with Crippen molar-refractivity contribution in [1.29, 1.82) is 0 Å². The Balaban J connectivity index is 2.82. The van der Waals surface area contributed by atoms with Gasteiger partial charge in [-0.05, 0) is 0 Å². The summed E-state index contributed by atoms with van der Waals surface area (Å²) in [4.78, 5) is 9.93. The van der Waals surface area contributed by atoms with Gasteiger partial charge < -0.3 is 11.1 Å². The Labute approximate surface area is 42.9 Å². The average molecular weight is 102 g/mol. The van der Waals surface area contributed by atoms with E-state index in [-0.39, 0.29) is 5.91 Å². The minimum atomic E-state index is -0.264. The fraction of sp³-hybridized carbons (Fsp3) is 0.500. The van der Waals surface area contributed by atoms with Crippen LogP contribution >= 0.6 is 0 Å². The molecule has 0 aliphatic rings. The smallest absolute Gasteiger partial charge is 0.223 e. The van der Waals surface area contributed by atoms with Gasteiger partial charge in [0.2, 0.25) is 5.91 Å². The summed E-state index contributed by atoms with van der Waals surface area (Å²) in [5.74, 6) is -0.264. The minimum absolute atomic E-state index is 0.264. The second-order valence-electron chi connectivity index (χ2n) is 1.29. The molecule has 0 atom stereocenters. The van der Waals surface area contributed by atoms with Crippen LogP contribution in [0.4, 0.5) is 0 Å². The third kappa shape index (κ3) is 5.43. The predicted octanol–water partition coefficient (Wildman–Crippen LogP) is -1.78. The fourth-order valence-electron chi connectivity index (χ4n) is 0.244. The van der Waals surface area contributed by atoms with Crippen LogP contribution in [0.2, 0.25) is 0 Å². The van der Waals surface area contributed by atoms with E-state index in [4.69, 9.17) is 5.73 Å². The summed E-state index contributed by atoms with van der Waals surface area (Å²) >= 11 is 0. The van der Waals surface area contributed by atoms with E-state index in [2.05, 4.69) is 7.05 Å². The van der Waals surface area contributed by atoms with Crippen LogP contribution in [-0.2, 0) is 4.79 Å². The lowest BCUT2D eigenvalue weighted by Crippen LogP contribution is -2.77. The molecule has 0 rings (SSSR count). The summed E-state index contributed by atoms with van der Waals surface area (Å²) in [6.07, 6.45) is 0.420. The Morgan fingerprint density at radius 2 is 2.43 bits per heavy atom. The van der Waals surface area contributed by atoms with Crippen LogP contribution in [0.15, 0.2) is 0 Å². The highest BCUT2D eigenvalue weighted by Gasteiger charge is 1.88. The highest BCUT2D eigenvalue weighted by Crippen LogP contribution is 1.63. The molecule has 3 nitrogen and oxygen atoms in total. The summed E-state index contributed by atoms with van der Waals surface area (Å²) in [6, 6.07) is 0. The Bertz CT molecular complexity index is 62.7. The number of rotatable bonds is 3. The molecule has 42 valence electrons. The molecule has 0 radical (unpaired) electrons. The first-order valence-corrected chi connectivity index (χ1v) is 2.16. The molecule has 1 amide bonds. The highest BCUT2D eigenvalue weighted by atomic mass is 16.1. The first-order chi connectivity index (χ1) is 3.27. The van der Waals surface area contributed by atoms with Crippen molar-refractivity contribution in [1.82, 2.24) is 0 Å². The standard InChI is InChI=1S/C4H10N2O/c1-6-3-2-4(5)7/h1-3,6H2,(H2,5,7). The van der Waals surface area contributed by atoms with Crippen molar-refractivity contribution in [2.24, 2.45) is 5.73 Å². The first kappa shape index (κ1) is 6.43. The third-order valence-corrected chi connectivity index (χ3v) is 0.595. The average Bonchev–Trinajstić information content (AvgIpc) is 1.61. The fourth-order valence-corrected chi connectivity index (χ4v) is 0.244. The van der Waals surface area contributed by atoms with Gasteiger partial charge in [-0.2, -0.15) is 7.05 Å². The number of quaternary nitrogens is 1. The molecular formula is C4H10N2O. The number of nitrogens with two attached hydrogens (primary N) is 2. The Kier molecular flexibility index (Phi) is 3.32. The number of carbonyl (C=O) groups excluding carboxylic acids is 1. The van der Waals surface area contributed by atoms with E-state index >= 15 is 0 Å². The van der Waals surface area contributed by atoms with E-state index in [0.717, 1.165) is 0 Å². The van der Waals surface area contributed by atoms with Gasteiger partial charge >= 0.3 is 0 Å². The van der Waals surface area contributed by atoms with E-state index in [1.807, 2.05) is 0 Å². The molecule has 0 aromatic heterocycles. The van der Waals surface area contributed by atoms with Crippen LogP contribution in [0.1, 0.15) is 6.42 Å². The van der Waals surface area contributed by atoms with Crippen molar-refractivity contribution < 1.29 is 10.1 Å². The number of carbonyl (C=O) groups is 1. The summed E-state index contributed by atoms with van der Waals surface area (Å²) < 4.78 is 0. The molecule has 0 fully saturated rings. The largest absolute Gasteiger partial charge is 0.478 e. The molecule has 0 spiro atoms. The van der Waals surface area contributed by atoms with Crippen molar-refractivity contribution in [3.63, 3.8) is 0 Å². The van der Waals surface area contributed by atoms with Gasteiger partial charge in [-0.1, -0.05) is 0 Å². The predicted molar refractivity (Wildman–Crippen MR) is 26.0 cm³/mol. The third-order valence-electron chi connectivity index (χ3n) is 0.595. The van der Waals surface area contributed by atoms with E-state index < -0.39 is 0 Å². The van der Waals surface area contributed by atoms with E-state index in [0.29, 0.717) is 13.0 Å². The molecule has 0 saturated heterocycles. The maximum atomic E-state index is 9.93. The summed E-state index contributed by atoms with van der Waals surface area (Å²) in [5, 5.41) is 1.67. The molecule has 7 heavy (non-hydrogen) atoms. The lowest BCUT2D eigenvalue weighted by atomic mass is 10.4. The number of hydrogen-bond acceptors (Lipinski definition) is 1. The maximum absolute atomic E-state index is 9.93. The lowest BCUT2D eigenvalue weighted by molar-refractivity contribution is -0.594. The van der Waals surface area contributed by atoms with Crippen molar-refractivity contribution in [3.8, 4) is 0 Å². The van der Waals surface area contributed by atoms with Gasteiger partial charge in [0, 0.05) is 0 Å². The van der Waals surface area contributed by atoms with Gasteiger partial charge in [-0.15, -0.1) is 0 Å². The van der Waals surface area contributed by atoms with Crippen LogP contribution in [0.3, 0.4) is 0 Å². The number of amides is 1. The SMILES string of the molecule is [CH2-][NH2+]CCC(N)=O. The second kappa shape index (κ2) is 3.61. The van der Waals surface area contributed by atoms with Crippen molar-refractivity contribution in [2.45, 2.75) is 6.42 Å². The minimum Gasteiger partial charge on any atom is -0.478 e. The van der Waals surface area contributed by atoms with E-state index in [1.54, 1.807) is 5.32 Å². The Morgan fingerprint density at radius 3 is 2.57 bits per heavy atom. The molecule has 0 saturated carbocycles. The van der Waals surface area contributed by atoms with Gasteiger partial charge in [0.05, 0.1) is 13.0 Å². The van der Waals surface area contributed by atoms with Gasteiger partial charge in [-0.25, -0.2) is 0 Å². The van der Waals surface area contributed by atoms with E-state index in [1.165, 1.54) is 0 Å². The lowest BCUT2D eigenvalue weighted by Gasteiger charge is -1.93. The summed E-state index contributed by atoms with van der Waals surface area (Å²) in [5.41, 5.74) is 4.79. The van der Waals surface area contributed by atoms with Gasteiger partial charge in [0.1, 0.15) is 0 Å². The first-order valence-electron chi connectivity index (χ1n) is 2.16. The zero-order chi connectivity index (χ0) is 5.70. The summed E-state index contributed by atoms with van der Waals surface area (Å²) in [7, 11) is 3.42. The van der Waals surface area contributed by atoms with Crippen LogP contribution in [-0.4, -0.2) is 12.5 Å². The zero-order valence-corrected chi connectivity index (χ0v) is 4.18. The van der Waals surface area contributed by atoms with Crippen LogP contribution in [0.25, 0.3) is 0 Å². The molecule has 3 heteroatoms. The normalized spacial score (nSPS) is 8.71. The maximum Gasteiger partial charge on any atom is 0.223 e. The van der Waals surface area contributed by atoms with Gasteiger partial charge in [0.25, 0.3) is 0 Å². The zero-order valence-electron chi connectivity index (χ0n) is 4.18. The quantitative estimate of drug-likeness (QED) is 0.406. The molecule has 4 N–H and O–H groups in total. The molecule has 0 heterocycles. The van der Waals surface area contributed by atoms with Crippen LogP contribution in [0.5, 0.6) is 0 Å². The molecule has 0 aromatic rings. The monoisotopic (exact) mass is 102 g/mol. The molecule has 0 aliphatic heterocycles. The van der Waals surface area contributed by atoms with Gasteiger partial charge in [0.15, 0.2) is 0 Å². The van der Waals surface area contributed by atoms with Crippen molar-refractivity contribution in [3.05, 3.63) is 7.05 Å². The number of hydrogen-bond donors (Lipinski definition) is 2. The molecule has 0 aromatic carbocycles. The molecule has 0 unspecified atom stereocenters. The molecular weight excluding hydrogens is 92.1 g/mol. The Morgan fingerprint density at radius 1 is 1.86 bits per heavy atom. The number of primary amides is 1. The van der Waals surface area contributed by atoms with Crippen LogP contribution in [0, 0.1) is 7.05 Å². The molecule has 0 bridgehead atoms. The van der Waals surface area contributed by atoms with Crippen molar-refractivity contribution >= 4 is 5.91 Å². The molecule has 0 aliphatic carbocycles. The van der Waals surface area contributed by atoms with Crippen molar-refractivity contribution in [2.75, 3.05) is 6.54 Å². The summed E-state index contributed by atoms with van der Waals surface area (Å²) in [6.45, 7) is 0.690. The highest BCUT2D eigenvalue weighted by molar-refractivity contribution is 5.73. The van der Waals surface area contributed by atoms with Gasteiger partial charge in [-0.3, -0.25) is 4.79 Å². The van der Waals surface area contributed by atoms with Crippen LogP contribution < -0.4 is 11.1 Å². The second-order valence-corrected chi connectivity index (χ2v) is 1.29. The Hall–Kier alpha value is -0.570.